The smallest absolute Gasteiger partial charge is 0.313 e. The largest absolute Gasteiger partial charge is 0.356 e. The second-order valence-corrected chi connectivity index (χ2v) is 8.96. The summed E-state index contributed by atoms with van der Waals surface area (Å²) in [6.07, 6.45) is 1.32. The van der Waals surface area contributed by atoms with Crippen molar-refractivity contribution < 1.29 is 9.59 Å². The number of nitrogens with two attached hydrogens (primary N) is 1. The minimum atomic E-state index is -0.634. The number of hydrogen-bond donors (Lipinski definition) is 3. The third-order valence-corrected chi connectivity index (χ3v) is 5.34. The normalized spacial score (nSPS) is 18.2. The third-order valence-electron chi connectivity index (χ3n) is 5.34. The van der Waals surface area contributed by atoms with E-state index in [9.17, 15) is 9.59 Å². The summed E-state index contributed by atoms with van der Waals surface area (Å²) >= 11 is 0. The number of para-hydroxylation sites is 1. The lowest BCUT2D eigenvalue weighted by molar-refractivity contribution is -0.156. The van der Waals surface area contributed by atoms with Gasteiger partial charge in [-0.25, -0.2) is 0 Å². The van der Waals surface area contributed by atoms with E-state index in [1.807, 2.05) is 70.2 Å². The Morgan fingerprint density at radius 3 is 1.90 bits per heavy atom. The molecule has 3 rings (SSSR count). The highest BCUT2D eigenvalue weighted by Crippen LogP contribution is 2.38. The lowest BCUT2D eigenvalue weighted by Gasteiger charge is -2.54. The van der Waals surface area contributed by atoms with Crippen LogP contribution < -0.4 is 16.4 Å². The summed E-state index contributed by atoms with van der Waals surface area (Å²) in [6.45, 7) is 7.85. The molecule has 2 aromatic rings. The summed E-state index contributed by atoms with van der Waals surface area (Å²) in [7, 11) is 0. The molecule has 154 valence electrons. The first-order chi connectivity index (χ1) is 13.6. The number of amides is 2. The highest BCUT2D eigenvalue weighted by molar-refractivity contribution is 6.39. The molecule has 0 atom stereocenters. The van der Waals surface area contributed by atoms with E-state index in [1.54, 1.807) is 17.0 Å². The fourth-order valence-corrected chi connectivity index (χ4v) is 4.52. The average molecular weight is 395 g/mol. The van der Waals surface area contributed by atoms with Crippen LogP contribution in [0, 0.1) is 0 Å². The van der Waals surface area contributed by atoms with Gasteiger partial charge in [0.25, 0.3) is 0 Å². The summed E-state index contributed by atoms with van der Waals surface area (Å²) in [4.78, 5) is 27.4. The van der Waals surface area contributed by atoms with Crippen LogP contribution in [0.1, 0.15) is 40.5 Å². The molecule has 0 saturated carbocycles. The number of hydrogen-bond acceptors (Lipinski definition) is 4. The molecule has 0 radical (unpaired) electrons. The van der Waals surface area contributed by atoms with Crippen LogP contribution in [0.3, 0.4) is 0 Å². The Morgan fingerprint density at radius 1 is 0.862 bits per heavy atom. The van der Waals surface area contributed by atoms with Crippen LogP contribution in [0.5, 0.6) is 0 Å². The van der Waals surface area contributed by atoms with Gasteiger partial charge in [-0.1, -0.05) is 18.2 Å². The van der Waals surface area contributed by atoms with Crippen molar-refractivity contribution in [2.75, 3.05) is 10.6 Å². The molecule has 6 nitrogen and oxygen atoms in total. The molecular formula is C23H30N4O2. The molecule has 6 heteroatoms. The molecule has 1 aliphatic rings. The molecule has 1 saturated heterocycles. The summed E-state index contributed by atoms with van der Waals surface area (Å²) in [5, 5.41) is 6.01. The van der Waals surface area contributed by atoms with Gasteiger partial charge in [0.1, 0.15) is 0 Å². The number of carbonyl (C=O) groups excluding carboxylic acids is 2. The van der Waals surface area contributed by atoms with Crippen LogP contribution in [0.25, 0.3) is 0 Å². The van der Waals surface area contributed by atoms with Crippen LogP contribution in [0.2, 0.25) is 0 Å². The molecule has 0 spiro atoms. The number of anilines is 3. The van der Waals surface area contributed by atoms with E-state index in [2.05, 4.69) is 10.6 Å². The molecule has 1 fully saturated rings. The number of benzene rings is 2. The number of piperidine rings is 1. The standard InChI is InChI=1S/C23H30N4O2/c1-22(2)14-16(24)15-23(3,4)27(22)21(29)20(28)26-19-12-10-18(11-13-19)25-17-8-6-5-7-9-17/h5-13,16,25H,14-15,24H2,1-4H3,(H,26,28). The Labute approximate surface area is 172 Å². The Kier molecular flexibility index (Phi) is 5.66. The van der Waals surface area contributed by atoms with Crippen molar-refractivity contribution in [1.29, 1.82) is 0 Å². The minimum absolute atomic E-state index is 0.0109. The SMILES string of the molecule is CC1(C)CC(N)CC(C)(C)N1C(=O)C(=O)Nc1ccc(Nc2ccccc2)cc1. The van der Waals surface area contributed by atoms with Crippen LogP contribution in [-0.2, 0) is 9.59 Å². The van der Waals surface area contributed by atoms with Gasteiger partial charge >= 0.3 is 11.8 Å². The highest BCUT2D eigenvalue weighted by Gasteiger charge is 2.48. The summed E-state index contributed by atoms with van der Waals surface area (Å²) in [6, 6.07) is 17.1. The first-order valence-corrected chi connectivity index (χ1v) is 9.92. The maximum atomic E-state index is 13.0. The van der Waals surface area contributed by atoms with E-state index >= 15 is 0 Å². The first-order valence-electron chi connectivity index (χ1n) is 9.92. The zero-order chi connectivity index (χ0) is 21.2. The van der Waals surface area contributed by atoms with Gasteiger partial charge in [0.15, 0.2) is 0 Å². The number of nitrogens with zero attached hydrogens (tertiary/aromatic N) is 1. The van der Waals surface area contributed by atoms with Crippen molar-refractivity contribution in [2.45, 2.75) is 57.7 Å². The van der Waals surface area contributed by atoms with Crippen molar-refractivity contribution in [1.82, 2.24) is 4.90 Å². The molecule has 0 bridgehead atoms. The molecule has 2 aromatic carbocycles. The maximum absolute atomic E-state index is 13.0. The van der Waals surface area contributed by atoms with E-state index in [1.165, 1.54) is 0 Å². The van der Waals surface area contributed by atoms with Crippen LogP contribution in [0.15, 0.2) is 54.6 Å². The van der Waals surface area contributed by atoms with E-state index in [0.717, 1.165) is 11.4 Å². The molecule has 0 aliphatic carbocycles. The van der Waals surface area contributed by atoms with Gasteiger partial charge in [0, 0.05) is 34.2 Å². The molecular weight excluding hydrogens is 364 g/mol. The van der Waals surface area contributed by atoms with E-state index in [0.29, 0.717) is 18.5 Å². The van der Waals surface area contributed by atoms with Gasteiger partial charge in [-0.2, -0.15) is 0 Å². The molecule has 4 N–H and O–H groups in total. The fourth-order valence-electron chi connectivity index (χ4n) is 4.52. The predicted molar refractivity (Wildman–Crippen MR) is 117 cm³/mol. The van der Waals surface area contributed by atoms with Crippen molar-refractivity contribution in [3.05, 3.63) is 54.6 Å². The fraction of sp³-hybridized carbons (Fsp3) is 0.391. The second kappa shape index (κ2) is 7.87. The van der Waals surface area contributed by atoms with Gasteiger partial charge in [-0.05, 0) is 76.9 Å². The Bertz CT molecular complexity index is 858. The lowest BCUT2D eigenvalue weighted by atomic mass is 9.77. The number of rotatable bonds is 3. The van der Waals surface area contributed by atoms with Crippen molar-refractivity contribution in [2.24, 2.45) is 5.73 Å². The number of carbonyl (C=O) groups is 2. The topological polar surface area (TPSA) is 87.5 Å². The number of nitrogens with one attached hydrogen (secondary N) is 2. The quantitative estimate of drug-likeness (QED) is 0.690. The number of likely N-dealkylation sites (tertiary alicyclic amines) is 1. The monoisotopic (exact) mass is 394 g/mol. The van der Waals surface area contributed by atoms with Crippen LogP contribution in [0.4, 0.5) is 17.1 Å². The molecule has 1 heterocycles. The summed E-state index contributed by atoms with van der Waals surface area (Å²) in [5.41, 5.74) is 7.65. The van der Waals surface area contributed by atoms with Gasteiger partial charge in [-0.3, -0.25) is 9.59 Å². The van der Waals surface area contributed by atoms with Crippen molar-refractivity contribution >= 4 is 28.9 Å². The van der Waals surface area contributed by atoms with Crippen molar-refractivity contribution in [3.8, 4) is 0 Å². The van der Waals surface area contributed by atoms with E-state index < -0.39 is 22.9 Å². The zero-order valence-electron chi connectivity index (χ0n) is 17.5. The Balaban J connectivity index is 1.68. The average Bonchev–Trinajstić information content (AvgIpc) is 2.61. The van der Waals surface area contributed by atoms with E-state index in [-0.39, 0.29) is 6.04 Å². The molecule has 0 unspecified atom stereocenters. The maximum Gasteiger partial charge on any atom is 0.313 e. The van der Waals surface area contributed by atoms with Gasteiger partial charge in [0.2, 0.25) is 0 Å². The van der Waals surface area contributed by atoms with E-state index in [4.69, 9.17) is 5.73 Å². The van der Waals surface area contributed by atoms with Gasteiger partial charge < -0.3 is 21.3 Å². The highest BCUT2D eigenvalue weighted by atomic mass is 16.2. The molecule has 0 aromatic heterocycles. The first kappa shape index (κ1) is 20.9. The zero-order valence-corrected chi connectivity index (χ0v) is 17.5. The predicted octanol–water partition coefficient (Wildman–Crippen LogP) is 3.88. The lowest BCUT2D eigenvalue weighted by Crippen LogP contribution is -2.66. The summed E-state index contributed by atoms with van der Waals surface area (Å²) < 4.78 is 0. The van der Waals surface area contributed by atoms with Crippen LogP contribution >= 0.6 is 0 Å². The summed E-state index contributed by atoms with van der Waals surface area (Å²) in [5.74, 6) is -1.16. The van der Waals surface area contributed by atoms with Crippen LogP contribution in [-0.4, -0.2) is 33.8 Å². The Hall–Kier alpha value is -2.86. The third kappa shape index (κ3) is 4.77. The molecule has 29 heavy (non-hydrogen) atoms. The Morgan fingerprint density at radius 2 is 1.34 bits per heavy atom. The molecule has 2 amide bonds. The van der Waals surface area contributed by atoms with Crippen molar-refractivity contribution in [3.63, 3.8) is 0 Å². The van der Waals surface area contributed by atoms with Gasteiger partial charge in [0.05, 0.1) is 0 Å². The second-order valence-electron chi connectivity index (χ2n) is 8.96. The molecule has 1 aliphatic heterocycles. The minimum Gasteiger partial charge on any atom is -0.356 e. The van der Waals surface area contributed by atoms with Gasteiger partial charge in [-0.15, -0.1) is 0 Å².